The summed E-state index contributed by atoms with van der Waals surface area (Å²) in [6.45, 7) is 1.35. The molecule has 1 amide bonds. The highest BCUT2D eigenvalue weighted by Gasteiger charge is 2.25. The highest BCUT2D eigenvalue weighted by atomic mass is 79.9. The number of carbonyl (C=O) groups excluding carboxylic acids is 1. The SMILES string of the molecule is N[C@H]1CCN(C(=O)c2cnn(-c3ccc(Br)cc3)c2)C1. The molecule has 104 valence electrons. The Bertz CT molecular complexity index is 622. The lowest BCUT2D eigenvalue weighted by Crippen LogP contribution is -2.31. The number of amides is 1. The van der Waals surface area contributed by atoms with Crippen LogP contribution in [0.15, 0.2) is 41.1 Å². The number of benzene rings is 1. The zero-order valence-corrected chi connectivity index (χ0v) is 12.5. The molecule has 1 aliphatic heterocycles. The van der Waals surface area contributed by atoms with Crippen molar-refractivity contribution >= 4 is 21.8 Å². The Morgan fingerprint density at radius 1 is 1.35 bits per heavy atom. The van der Waals surface area contributed by atoms with E-state index in [4.69, 9.17) is 5.73 Å². The second kappa shape index (κ2) is 5.38. The minimum atomic E-state index is 0.00121. The Morgan fingerprint density at radius 3 is 2.75 bits per heavy atom. The standard InChI is InChI=1S/C14H15BrN4O/c15-11-1-3-13(4-2-11)19-8-10(7-17-19)14(20)18-6-5-12(16)9-18/h1-4,7-8,12H,5-6,9,16H2/t12-/m0/s1. The summed E-state index contributed by atoms with van der Waals surface area (Å²) in [5.74, 6) is 0.00121. The molecule has 20 heavy (non-hydrogen) atoms. The lowest BCUT2D eigenvalue weighted by Gasteiger charge is -2.14. The predicted octanol–water partition coefficient (Wildman–Crippen LogP) is 1.81. The fraction of sp³-hybridized carbons (Fsp3) is 0.286. The van der Waals surface area contributed by atoms with Crippen molar-refractivity contribution in [2.24, 2.45) is 5.73 Å². The van der Waals surface area contributed by atoms with Crippen molar-refractivity contribution in [3.8, 4) is 5.69 Å². The second-order valence-electron chi connectivity index (χ2n) is 4.95. The molecule has 6 heteroatoms. The second-order valence-corrected chi connectivity index (χ2v) is 5.87. The number of aromatic nitrogens is 2. The first-order valence-electron chi connectivity index (χ1n) is 6.49. The smallest absolute Gasteiger partial charge is 0.257 e. The molecule has 1 aromatic carbocycles. The summed E-state index contributed by atoms with van der Waals surface area (Å²) in [5.41, 5.74) is 7.35. The lowest BCUT2D eigenvalue weighted by molar-refractivity contribution is 0.0791. The highest BCUT2D eigenvalue weighted by molar-refractivity contribution is 9.10. The summed E-state index contributed by atoms with van der Waals surface area (Å²) in [6, 6.07) is 7.87. The summed E-state index contributed by atoms with van der Waals surface area (Å²) in [7, 11) is 0. The molecule has 3 rings (SSSR count). The highest BCUT2D eigenvalue weighted by Crippen LogP contribution is 2.16. The van der Waals surface area contributed by atoms with Gasteiger partial charge in [-0.2, -0.15) is 5.10 Å². The van der Waals surface area contributed by atoms with Crippen molar-refractivity contribution < 1.29 is 4.79 Å². The van der Waals surface area contributed by atoms with Gasteiger partial charge in [-0.05, 0) is 30.7 Å². The molecule has 2 aromatic rings. The molecule has 1 fully saturated rings. The fourth-order valence-electron chi connectivity index (χ4n) is 2.32. The van der Waals surface area contributed by atoms with E-state index in [-0.39, 0.29) is 11.9 Å². The van der Waals surface area contributed by atoms with E-state index >= 15 is 0 Å². The number of hydrogen-bond donors (Lipinski definition) is 1. The first-order chi connectivity index (χ1) is 9.63. The maximum absolute atomic E-state index is 12.3. The van der Waals surface area contributed by atoms with Crippen LogP contribution in [0.1, 0.15) is 16.8 Å². The maximum atomic E-state index is 12.3. The number of nitrogens with zero attached hydrogens (tertiary/aromatic N) is 3. The third-order valence-electron chi connectivity index (χ3n) is 3.43. The van der Waals surface area contributed by atoms with Crippen LogP contribution in [0, 0.1) is 0 Å². The molecule has 1 atom stereocenters. The van der Waals surface area contributed by atoms with Crippen LogP contribution in [-0.4, -0.2) is 39.7 Å². The van der Waals surface area contributed by atoms with Crippen LogP contribution >= 0.6 is 15.9 Å². The average molecular weight is 335 g/mol. The van der Waals surface area contributed by atoms with Crippen LogP contribution in [0.2, 0.25) is 0 Å². The molecule has 2 heterocycles. The van der Waals surface area contributed by atoms with Crippen molar-refractivity contribution in [1.29, 1.82) is 0 Å². The summed E-state index contributed by atoms with van der Waals surface area (Å²) in [5, 5.41) is 4.25. The molecule has 0 spiro atoms. The van der Waals surface area contributed by atoms with E-state index in [0.717, 1.165) is 23.1 Å². The van der Waals surface area contributed by atoms with E-state index in [1.54, 1.807) is 22.0 Å². The lowest BCUT2D eigenvalue weighted by atomic mass is 10.3. The molecule has 2 N–H and O–H groups in total. The molecule has 1 saturated heterocycles. The molecule has 0 unspecified atom stereocenters. The van der Waals surface area contributed by atoms with E-state index in [2.05, 4.69) is 21.0 Å². The number of rotatable bonds is 2. The van der Waals surface area contributed by atoms with E-state index in [1.807, 2.05) is 24.3 Å². The first-order valence-corrected chi connectivity index (χ1v) is 7.28. The van der Waals surface area contributed by atoms with E-state index in [1.165, 1.54) is 0 Å². The van der Waals surface area contributed by atoms with Gasteiger partial charge in [0.15, 0.2) is 0 Å². The normalized spacial score (nSPS) is 18.5. The van der Waals surface area contributed by atoms with Gasteiger partial charge < -0.3 is 10.6 Å². The van der Waals surface area contributed by atoms with Crippen molar-refractivity contribution in [1.82, 2.24) is 14.7 Å². The number of halogens is 1. The summed E-state index contributed by atoms with van der Waals surface area (Å²) in [4.78, 5) is 14.1. The average Bonchev–Trinajstić information content (AvgIpc) is 3.08. The van der Waals surface area contributed by atoms with Crippen molar-refractivity contribution in [3.05, 3.63) is 46.7 Å². The Kier molecular flexibility index (Phi) is 3.58. The summed E-state index contributed by atoms with van der Waals surface area (Å²) >= 11 is 3.39. The van der Waals surface area contributed by atoms with Crippen molar-refractivity contribution in [3.63, 3.8) is 0 Å². The molecule has 1 aromatic heterocycles. The van der Waals surface area contributed by atoms with Gasteiger partial charge in [0, 0.05) is 29.8 Å². The van der Waals surface area contributed by atoms with Gasteiger partial charge in [0.2, 0.25) is 0 Å². The van der Waals surface area contributed by atoms with Crippen LogP contribution in [0.25, 0.3) is 5.69 Å². The summed E-state index contributed by atoms with van der Waals surface area (Å²) in [6.07, 6.45) is 4.23. The molecule has 0 saturated carbocycles. The molecular formula is C14H15BrN4O. The molecular weight excluding hydrogens is 320 g/mol. The zero-order valence-electron chi connectivity index (χ0n) is 10.9. The Hall–Kier alpha value is -1.66. The topological polar surface area (TPSA) is 64.2 Å². The summed E-state index contributed by atoms with van der Waals surface area (Å²) < 4.78 is 2.71. The molecule has 0 aliphatic carbocycles. The fourth-order valence-corrected chi connectivity index (χ4v) is 2.59. The minimum absolute atomic E-state index is 0.00121. The van der Waals surface area contributed by atoms with Gasteiger partial charge in [0.25, 0.3) is 5.91 Å². The van der Waals surface area contributed by atoms with Gasteiger partial charge in [-0.3, -0.25) is 4.79 Å². The van der Waals surface area contributed by atoms with Gasteiger partial charge in [-0.25, -0.2) is 4.68 Å². The van der Waals surface area contributed by atoms with E-state index < -0.39 is 0 Å². The molecule has 0 bridgehead atoms. The quantitative estimate of drug-likeness (QED) is 0.910. The van der Waals surface area contributed by atoms with Gasteiger partial charge in [-0.1, -0.05) is 15.9 Å². The number of likely N-dealkylation sites (tertiary alicyclic amines) is 1. The zero-order chi connectivity index (χ0) is 14.1. The number of hydrogen-bond acceptors (Lipinski definition) is 3. The predicted molar refractivity (Wildman–Crippen MR) is 79.8 cm³/mol. The van der Waals surface area contributed by atoms with Gasteiger partial charge in [0.1, 0.15) is 0 Å². The van der Waals surface area contributed by atoms with Crippen LogP contribution in [-0.2, 0) is 0 Å². The van der Waals surface area contributed by atoms with Crippen molar-refractivity contribution in [2.45, 2.75) is 12.5 Å². The Labute approximate surface area is 125 Å². The number of carbonyl (C=O) groups is 1. The van der Waals surface area contributed by atoms with Gasteiger partial charge >= 0.3 is 0 Å². The maximum Gasteiger partial charge on any atom is 0.257 e. The number of nitrogens with two attached hydrogens (primary N) is 1. The first kappa shape index (κ1) is 13.3. The van der Waals surface area contributed by atoms with Gasteiger partial charge in [-0.15, -0.1) is 0 Å². The largest absolute Gasteiger partial charge is 0.337 e. The molecule has 1 aliphatic rings. The van der Waals surface area contributed by atoms with Crippen LogP contribution in [0.4, 0.5) is 0 Å². The molecule has 0 radical (unpaired) electrons. The van der Waals surface area contributed by atoms with E-state index in [0.29, 0.717) is 12.1 Å². The van der Waals surface area contributed by atoms with Gasteiger partial charge in [0.05, 0.1) is 17.4 Å². The molecule has 5 nitrogen and oxygen atoms in total. The Balaban J connectivity index is 1.79. The minimum Gasteiger partial charge on any atom is -0.337 e. The Morgan fingerprint density at radius 2 is 2.10 bits per heavy atom. The van der Waals surface area contributed by atoms with Crippen LogP contribution in [0.3, 0.4) is 0 Å². The van der Waals surface area contributed by atoms with Crippen LogP contribution < -0.4 is 5.73 Å². The van der Waals surface area contributed by atoms with Crippen molar-refractivity contribution in [2.75, 3.05) is 13.1 Å². The monoisotopic (exact) mass is 334 g/mol. The van der Waals surface area contributed by atoms with Crippen LogP contribution in [0.5, 0.6) is 0 Å². The third-order valence-corrected chi connectivity index (χ3v) is 3.96. The van der Waals surface area contributed by atoms with E-state index in [9.17, 15) is 4.79 Å². The third kappa shape index (κ3) is 2.62.